The second-order valence-electron chi connectivity index (χ2n) is 6.45. The summed E-state index contributed by atoms with van der Waals surface area (Å²) in [5.41, 5.74) is -0.203. The standard InChI is InChI=1S/C17H24FN3O3/c1-2-5-20-6-9-24-17(11-20)12-21(7-8-23-13-17)16(22)14-3-4-19-15(18)10-14/h3-4,10H,2,5-9,11-13H2,1H3/t17-/m0/s1. The highest BCUT2D eigenvalue weighted by Crippen LogP contribution is 2.24. The van der Waals surface area contributed by atoms with Gasteiger partial charge in [-0.15, -0.1) is 0 Å². The summed E-state index contributed by atoms with van der Waals surface area (Å²) in [5, 5.41) is 0. The third kappa shape index (κ3) is 3.91. The van der Waals surface area contributed by atoms with Crippen LogP contribution in [0.4, 0.5) is 4.39 Å². The Balaban J connectivity index is 1.76. The second-order valence-corrected chi connectivity index (χ2v) is 6.45. The van der Waals surface area contributed by atoms with Crippen LogP contribution >= 0.6 is 0 Å². The van der Waals surface area contributed by atoms with E-state index in [1.54, 1.807) is 4.90 Å². The van der Waals surface area contributed by atoms with E-state index in [-0.39, 0.29) is 5.91 Å². The Hall–Kier alpha value is -1.57. The maximum absolute atomic E-state index is 13.3. The largest absolute Gasteiger partial charge is 0.376 e. The first-order valence-corrected chi connectivity index (χ1v) is 8.47. The summed E-state index contributed by atoms with van der Waals surface area (Å²) >= 11 is 0. The maximum Gasteiger partial charge on any atom is 0.254 e. The highest BCUT2D eigenvalue weighted by molar-refractivity contribution is 5.94. The van der Waals surface area contributed by atoms with Crippen LogP contribution in [-0.2, 0) is 9.47 Å². The summed E-state index contributed by atoms with van der Waals surface area (Å²) in [6.45, 7) is 7.30. The van der Waals surface area contributed by atoms with Gasteiger partial charge >= 0.3 is 0 Å². The molecule has 2 fully saturated rings. The molecule has 132 valence electrons. The predicted molar refractivity (Wildman–Crippen MR) is 86.3 cm³/mol. The molecule has 1 aromatic heterocycles. The minimum Gasteiger partial charge on any atom is -0.376 e. The number of hydrogen-bond acceptors (Lipinski definition) is 5. The van der Waals surface area contributed by atoms with E-state index >= 15 is 0 Å². The van der Waals surface area contributed by atoms with E-state index < -0.39 is 11.5 Å². The van der Waals surface area contributed by atoms with Crippen molar-refractivity contribution in [2.24, 2.45) is 0 Å². The first-order chi connectivity index (χ1) is 11.6. The topological polar surface area (TPSA) is 54.9 Å². The molecule has 0 saturated carbocycles. The van der Waals surface area contributed by atoms with Gasteiger partial charge in [0, 0.05) is 37.5 Å². The maximum atomic E-state index is 13.3. The molecule has 24 heavy (non-hydrogen) atoms. The lowest BCUT2D eigenvalue weighted by Crippen LogP contribution is -2.59. The Bertz CT molecular complexity index is 584. The summed E-state index contributed by atoms with van der Waals surface area (Å²) in [7, 11) is 0. The number of hydrogen-bond donors (Lipinski definition) is 0. The number of pyridine rings is 1. The molecule has 0 radical (unpaired) electrons. The molecule has 1 atom stereocenters. The Morgan fingerprint density at radius 3 is 3.04 bits per heavy atom. The molecule has 1 aromatic rings. The molecule has 2 aliphatic heterocycles. The fourth-order valence-corrected chi connectivity index (χ4v) is 3.41. The fourth-order valence-electron chi connectivity index (χ4n) is 3.41. The number of nitrogens with zero attached hydrogens (tertiary/aromatic N) is 3. The van der Waals surface area contributed by atoms with Crippen molar-refractivity contribution in [1.29, 1.82) is 0 Å². The number of amides is 1. The molecule has 1 amide bonds. The molecule has 3 rings (SSSR count). The van der Waals surface area contributed by atoms with E-state index in [1.807, 2.05) is 0 Å². The van der Waals surface area contributed by atoms with Crippen LogP contribution in [0.1, 0.15) is 23.7 Å². The molecule has 0 aromatic carbocycles. The molecule has 3 heterocycles. The van der Waals surface area contributed by atoms with E-state index in [9.17, 15) is 9.18 Å². The van der Waals surface area contributed by atoms with Gasteiger partial charge in [-0.25, -0.2) is 4.98 Å². The number of carbonyl (C=O) groups is 1. The lowest BCUT2D eigenvalue weighted by Gasteiger charge is -2.43. The van der Waals surface area contributed by atoms with Gasteiger partial charge in [0.25, 0.3) is 5.91 Å². The number of carbonyl (C=O) groups excluding carboxylic acids is 1. The van der Waals surface area contributed by atoms with Crippen molar-refractivity contribution in [1.82, 2.24) is 14.8 Å². The highest BCUT2D eigenvalue weighted by atomic mass is 19.1. The Labute approximate surface area is 141 Å². The van der Waals surface area contributed by atoms with Gasteiger partial charge in [-0.3, -0.25) is 9.69 Å². The lowest BCUT2D eigenvalue weighted by atomic mass is 10.0. The van der Waals surface area contributed by atoms with Crippen LogP contribution in [0.2, 0.25) is 0 Å². The monoisotopic (exact) mass is 337 g/mol. The zero-order valence-electron chi connectivity index (χ0n) is 14.0. The van der Waals surface area contributed by atoms with E-state index in [2.05, 4.69) is 16.8 Å². The van der Waals surface area contributed by atoms with E-state index in [4.69, 9.17) is 9.47 Å². The second kappa shape index (κ2) is 7.55. The highest BCUT2D eigenvalue weighted by Gasteiger charge is 2.41. The van der Waals surface area contributed by atoms with Crippen molar-refractivity contribution in [2.75, 3.05) is 52.5 Å². The summed E-state index contributed by atoms with van der Waals surface area (Å²) in [5.74, 6) is -0.859. The number of rotatable bonds is 3. The third-order valence-corrected chi connectivity index (χ3v) is 4.48. The number of ether oxygens (including phenoxy) is 2. The average Bonchev–Trinajstić information content (AvgIpc) is 2.77. The van der Waals surface area contributed by atoms with E-state index in [1.165, 1.54) is 18.3 Å². The molecular weight excluding hydrogens is 313 g/mol. The van der Waals surface area contributed by atoms with Gasteiger partial charge in [-0.1, -0.05) is 6.92 Å². The SMILES string of the molecule is CCCN1CCO[C@@]2(COCCN(C(=O)c3ccnc(F)c3)C2)C1. The predicted octanol–water partition coefficient (Wildman–Crippen LogP) is 1.17. The van der Waals surface area contributed by atoms with Crippen molar-refractivity contribution in [3.8, 4) is 0 Å². The van der Waals surface area contributed by atoms with E-state index in [0.29, 0.717) is 38.5 Å². The Kier molecular flexibility index (Phi) is 5.43. The lowest BCUT2D eigenvalue weighted by molar-refractivity contribution is -0.139. The van der Waals surface area contributed by atoms with Gasteiger partial charge in [-0.05, 0) is 19.0 Å². The molecule has 0 N–H and O–H groups in total. The quantitative estimate of drug-likeness (QED) is 0.775. The smallest absolute Gasteiger partial charge is 0.254 e. The Morgan fingerprint density at radius 1 is 1.38 bits per heavy atom. The summed E-state index contributed by atoms with van der Waals surface area (Å²) in [6.07, 6.45) is 2.39. The summed E-state index contributed by atoms with van der Waals surface area (Å²) in [6, 6.07) is 2.71. The molecule has 6 nitrogen and oxygen atoms in total. The van der Waals surface area contributed by atoms with Gasteiger partial charge in [0.2, 0.25) is 5.95 Å². The van der Waals surface area contributed by atoms with Crippen LogP contribution in [0.5, 0.6) is 0 Å². The minimum absolute atomic E-state index is 0.211. The average molecular weight is 337 g/mol. The van der Waals surface area contributed by atoms with Crippen molar-refractivity contribution in [2.45, 2.75) is 18.9 Å². The van der Waals surface area contributed by atoms with Crippen molar-refractivity contribution >= 4 is 5.91 Å². The molecule has 0 bridgehead atoms. The van der Waals surface area contributed by atoms with Crippen LogP contribution in [0, 0.1) is 5.95 Å². The summed E-state index contributed by atoms with van der Waals surface area (Å²) in [4.78, 5) is 20.3. The zero-order valence-corrected chi connectivity index (χ0v) is 14.0. The molecule has 2 saturated heterocycles. The molecular formula is C17H24FN3O3. The number of aromatic nitrogens is 1. The van der Waals surface area contributed by atoms with Gasteiger partial charge < -0.3 is 14.4 Å². The van der Waals surface area contributed by atoms with Crippen LogP contribution in [0.25, 0.3) is 0 Å². The van der Waals surface area contributed by atoms with Crippen molar-refractivity contribution in [3.63, 3.8) is 0 Å². The minimum atomic E-state index is -0.648. The van der Waals surface area contributed by atoms with Gasteiger partial charge in [0.15, 0.2) is 0 Å². The molecule has 0 aliphatic carbocycles. The van der Waals surface area contributed by atoms with E-state index in [0.717, 1.165) is 26.1 Å². The normalized spacial score (nSPS) is 25.7. The number of halogens is 1. The molecule has 7 heteroatoms. The van der Waals surface area contributed by atoms with Gasteiger partial charge in [0.05, 0.1) is 26.4 Å². The van der Waals surface area contributed by atoms with Crippen molar-refractivity contribution in [3.05, 3.63) is 29.8 Å². The van der Waals surface area contributed by atoms with Crippen LogP contribution in [0.15, 0.2) is 18.3 Å². The molecule has 1 spiro atoms. The van der Waals surface area contributed by atoms with Crippen LogP contribution in [0.3, 0.4) is 0 Å². The molecule has 2 aliphatic rings. The van der Waals surface area contributed by atoms with Crippen LogP contribution in [-0.4, -0.2) is 78.8 Å². The Morgan fingerprint density at radius 2 is 2.25 bits per heavy atom. The summed E-state index contributed by atoms with van der Waals surface area (Å²) < 4.78 is 25.1. The fraction of sp³-hybridized carbons (Fsp3) is 0.647. The van der Waals surface area contributed by atoms with Gasteiger partial charge in [-0.2, -0.15) is 4.39 Å². The van der Waals surface area contributed by atoms with Crippen molar-refractivity contribution < 1.29 is 18.7 Å². The molecule has 0 unspecified atom stereocenters. The van der Waals surface area contributed by atoms with Gasteiger partial charge in [0.1, 0.15) is 5.60 Å². The first-order valence-electron chi connectivity index (χ1n) is 8.47. The zero-order chi connectivity index (χ0) is 17.0. The van der Waals surface area contributed by atoms with Crippen LogP contribution < -0.4 is 0 Å². The number of morpholine rings is 1. The third-order valence-electron chi connectivity index (χ3n) is 4.48. The first kappa shape index (κ1) is 17.3.